The van der Waals surface area contributed by atoms with Crippen molar-refractivity contribution in [2.24, 2.45) is 5.92 Å². The lowest BCUT2D eigenvalue weighted by Crippen LogP contribution is -2.24. The van der Waals surface area contributed by atoms with E-state index in [1.165, 1.54) is 4.90 Å². The maximum Gasteiger partial charge on any atom is 0.416 e. The molecular weight excluding hydrogens is 231 g/mol. The highest BCUT2D eigenvalue weighted by Gasteiger charge is 2.31. The van der Waals surface area contributed by atoms with Crippen molar-refractivity contribution in [1.82, 2.24) is 4.98 Å². The fourth-order valence-corrected chi connectivity index (χ4v) is 1.35. The molecule has 0 amide bonds. The van der Waals surface area contributed by atoms with Crippen molar-refractivity contribution >= 4 is 5.82 Å². The third-order valence-electron chi connectivity index (χ3n) is 2.23. The summed E-state index contributed by atoms with van der Waals surface area (Å²) >= 11 is 0. The first-order valence-corrected chi connectivity index (χ1v) is 4.98. The molecule has 3 nitrogen and oxygen atoms in total. The first-order chi connectivity index (χ1) is 7.84. The molecule has 1 rings (SSSR count). The summed E-state index contributed by atoms with van der Waals surface area (Å²) in [5, 5.41) is 8.64. The second kappa shape index (κ2) is 5.04. The molecule has 1 aromatic heterocycles. The monoisotopic (exact) mass is 243 g/mol. The Labute approximate surface area is 97.5 Å². The molecule has 1 atom stereocenters. The fraction of sp³-hybridized carbons (Fsp3) is 0.455. The Morgan fingerprint density at radius 1 is 1.53 bits per heavy atom. The van der Waals surface area contributed by atoms with Crippen LogP contribution < -0.4 is 4.90 Å². The number of aromatic nitrogens is 1. The number of pyridine rings is 1. The minimum absolute atomic E-state index is 0.210. The van der Waals surface area contributed by atoms with Crippen molar-refractivity contribution in [3.63, 3.8) is 0 Å². The number of alkyl halides is 3. The molecule has 92 valence electrons. The van der Waals surface area contributed by atoms with E-state index in [0.717, 1.165) is 18.3 Å². The highest BCUT2D eigenvalue weighted by atomic mass is 19.4. The number of hydrogen-bond donors (Lipinski definition) is 0. The van der Waals surface area contributed by atoms with Crippen LogP contribution in [0.3, 0.4) is 0 Å². The van der Waals surface area contributed by atoms with Crippen LogP contribution in [0.1, 0.15) is 12.5 Å². The van der Waals surface area contributed by atoms with Crippen LogP contribution in [0.2, 0.25) is 0 Å². The minimum Gasteiger partial charge on any atom is -0.358 e. The van der Waals surface area contributed by atoms with Gasteiger partial charge in [0.25, 0.3) is 0 Å². The second-order valence-corrected chi connectivity index (χ2v) is 3.81. The number of halogens is 3. The predicted molar refractivity (Wildman–Crippen MR) is 57.3 cm³/mol. The fourth-order valence-electron chi connectivity index (χ4n) is 1.35. The summed E-state index contributed by atoms with van der Waals surface area (Å²) in [7, 11) is 1.61. The average Bonchev–Trinajstić information content (AvgIpc) is 2.28. The van der Waals surface area contributed by atoms with Gasteiger partial charge < -0.3 is 4.90 Å². The number of nitrogens with zero attached hydrogens (tertiary/aromatic N) is 3. The van der Waals surface area contributed by atoms with Crippen molar-refractivity contribution in [2.45, 2.75) is 13.1 Å². The lowest BCUT2D eigenvalue weighted by molar-refractivity contribution is -0.137. The summed E-state index contributed by atoms with van der Waals surface area (Å²) in [4.78, 5) is 5.39. The van der Waals surface area contributed by atoms with Gasteiger partial charge in [-0.1, -0.05) is 0 Å². The normalized spacial score (nSPS) is 12.9. The van der Waals surface area contributed by atoms with E-state index in [9.17, 15) is 13.2 Å². The summed E-state index contributed by atoms with van der Waals surface area (Å²) in [6.07, 6.45) is -3.26. The molecule has 0 saturated carbocycles. The molecule has 1 heterocycles. The van der Waals surface area contributed by atoms with E-state index >= 15 is 0 Å². The number of nitriles is 1. The van der Waals surface area contributed by atoms with Gasteiger partial charge in [-0.3, -0.25) is 0 Å². The molecule has 0 saturated heterocycles. The SMILES string of the molecule is CC(C#N)CN(C)c1cc(C(F)(F)F)ccn1. The van der Waals surface area contributed by atoms with Gasteiger partial charge in [-0.05, 0) is 19.1 Å². The van der Waals surface area contributed by atoms with Crippen LogP contribution in [-0.2, 0) is 6.18 Å². The Morgan fingerprint density at radius 2 is 2.18 bits per heavy atom. The van der Waals surface area contributed by atoms with Gasteiger partial charge >= 0.3 is 6.18 Å². The molecule has 0 N–H and O–H groups in total. The van der Waals surface area contributed by atoms with Crippen LogP contribution in [-0.4, -0.2) is 18.6 Å². The Morgan fingerprint density at radius 3 is 2.71 bits per heavy atom. The summed E-state index contributed by atoms with van der Waals surface area (Å²) < 4.78 is 37.4. The molecule has 0 bridgehead atoms. The summed E-state index contributed by atoms with van der Waals surface area (Å²) in [6, 6.07) is 3.92. The van der Waals surface area contributed by atoms with E-state index in [-0.39, 0.29) is 11.7 Å². The van der Waals surface area contributed by atoms with Crippen LogP contribution in [0, 0.1) is 17.2 Å². The Kier molecular flexibility index (Phi) is 3.94. The van der Waals surface area contributed by atoms with Gasteiger partial charge in [0.15, 0.2) is 0 Å². The van der Waals surface area contributed by atoms with Gasteiger partial charge in [-0.15, -0.1) is 0 Å². The largest absolute Gasteiger partial charge is 0.416 e. The smallest absolute Gasteiger partial charge is 0.358 e. The van der Waals surface area contributed by atoms with Crippen LogP contribution in [0.4, 0.5) is 19.0 Å². The predicted octanol–water partition coefficient (Wildman–Crippen LogP) is 2.70. The van der Waals surface area contributed by atoms with Crippen LogP contribution in [0.5, 0.6) is 0 Å². The highest BCUT2D eigenvalue weighted by molar-refractivity contribution is 5.41. The molecule has 0 aliphatic carbocycles. The van der Waals surface area contributed by atoms with E-state index in [2.05, 4.69) is 4.98 Å². The van der Waals surface area contributed by atoms with E-state index in [1.807, 2.05) is 6.07 Å². The molecule has 1 unspecified atom stereocenters. The van der Waals surface area contributed by atoms with Crippen molar-refractivity contribution in [3.8, 4) is 6.07 Å². The quantitative estimate of drug-likeness (QED) is 0.819. The van der Waals surface area contributed by atoms with Gasteiger partial charge in [-0.25, -0.2) is 4.98 Å². The van der Waals surface area contributed by atoms with Crippen molar-refractivity contribution in [1.29, 1.82) is 5.26 Å². The van der Waals surface area contributed by atoms with Gasteiger partial charge in [0.05, 0.1) is 17.6 Å². The van der Waals surface area contributed by atoms with E-state index in [4.69, 9.17) is 5.26 Å². The molecule has 0 aliphatic rings. The Balaban J connectivity index is 2.89. The standard InChI is InChI=1S/C11H12F3N3/c1-8(6-15)7-17(2)10-5-9(3-4-16-10)11(12,13)14/h3-5,8H,7H2,1-2H3. The highest BCUT2D eigenvalue weighted by Crippen LogP contribution is 2.30. The molecule has 0 aliphatic heterocycles. The Bertz CT molecular complexity index is 423. The maximum atomic E-state index is 12.5. The number of anilines is 1. The summed E-state index contributed by atoms with van der Waals surface area (Å²) in [6.45, 7) is 2.04. The number of rotatable bonds is 3. The molecule has 6 heteroatoms. The molecule has 0 spiro atoms. The van der Waals surface area contributed by atoms with E-state index in [1.54, 1.807) is 14.0 Å². The van der Waals surface area contributed by atoms with E-state index in [0.29, 0.717) is 6.54 Å². The molecule has 1 aromatic rings. The van der Waals surface area contributed by atoms with Crippen molar-refractivity contribution < 1.29 is 13.2 Å². The van der Waals surface area contributed by atoms with Gasteiger partial charge in [0.1, 0.15) is 5.82 Å². The van der Waals surface area contributed by atoms with Gasteiger partial charge in [-0.2, -0.15) is 18.4 Å². The average molecular weight is 243 g/mol. The maximum absolute atomic E-state index is 12.5. The molecular formula is C11H12F3N3. The van der Waals surface area contributed by atoms with E-state index < -0.39 is 11.7 Å². The number of hydrogen-bond acceptors (Lipinski definition) is 3. The summed E-state index contributed by atoms with van der Waals surface area (Å²) in [5.41, 5.74) is -0.737. The van der Waals surface area contributed by atoms with Crippen molar-refractivity contribution in [3.05, 3.63) is 23.9 Å². The summed E-state index contributed by atoms with van der Waals surface area (Å²) in [5.74, 6) is -0.0572. The third-order valence-corrected chi connectivity index (χ3v) is 2.23. The molecule has 0 fully saturated rings. The lowest BCUT2D eigenvalue weighted by atomic mass is 10.2. The first-order valence-electron chi connectivity index (χ1n) is 4.98. The zero-order valence-electron chi connectivity index (χ0n) is 9.49. The molecule has 0 aromatic carbocycles. The Hall–Kier alpha value is -1.77. The second-order valence-electron chi connectivity index (χ2n) is 3.81. The van der Waals surface area contributed by atoms with Gasteiger partial charge in [0, 0.05) is 19.8 Å². The van der Waals surface area contributed by atoms with Gasteiger partial charge in [0.2, 0.25) is 0 Å². The lowest BCUT2D eigenvalue weighted by Gasteiger charge is -2.20. The van der Waals surface area contributed by atoms with Crippen molar-refractivity contribution in [2.75, 3.05) is 18.5 Å². The minimum atomic E-state index is -4.38. The van der Waals surface area contributed by atoms with Crippen LogP contribution in [0.25, 0.3) is 0 Å². The topological polar surface area (TPSA) is 39.9 Å². The van der Waals surface area contributed by atoms with Crippen LogP contribution >= 0.6 is 0 Å². The molecule has 0 radical (unpaired) electrons. The zero-order chi connectivity index (χ0) is 13.1. The zero-order valence-corrected chi connectivity index (χ0v) is 9.49. The first kappa shape index (κ1) is 13.3. The molecule has 17 heavy (non-hydrogen) atoms. The van der Waals surface area contributed by atoms with Crippen LogP contribution in [0.15, 0.2) is 18.3 Å². The third kappa shape index (κ3) is 3.63.